The van der Waals surface area contributed by atoms with E-state index in [0.29, 0.717) is 0 Å². The zero-order valence-electron chi connectivity index (χ0n) is 8.28. The molecule has 1 N–H and O–H groups in total. The third-order valence-electron chi connectivity index (χ3n) is 2.00. The van der Waals surface area contributed by atoms with Gasteiger partial charge in [0.15, 0.2) is 5.92 Å². The molecule has 96 valence electrons. The Morgan fingerprint density at radius 3 is 1.81 bits per heavy atom. The molecule has 1 unspecified atom stereocenters. The van der Waals surface area contributed by atoms with Gasteiger partial charge in [0.1, 0.15) is 0 Å². The van der Waals surface area contributed by atoms with Crippen molar-refractivity contribution in [3.8, 4) is 0 Å². The van der Waals surface area contributed by atoms with Gasteiger partial charge in [-0.2, -0.15) is 26.3 Å². The molecule has 0 aromatic heterocycles. The lowest BCUT2D eigenvalue weighted by molar-refractivity contribution is -0.306. The summed E-state index contributed by atoms with van der Waals surface area (Å²) in [5, 5.41) is 8.93. The molecule has 0 spiro atoms. The highest BCUT2D eigenvalue weighted by molar-refractivity contribution is 4.82. The number of hydrogen-bond acceptors (Lipinski definition) is 1. The Balaban J connectivity index is 4.59. The van der Waals surface area contributed by atoms with Crippen LogP contribution in [0.4, 0.5) is 26.3 Å². The van der Waals surface area contributed by atoms with Crippen molar-refractivity contribution < 1.29 is 31.4 Å². The number of hydrogen-bond donors (Lipinski definition) is 1. The Hall–Kier alpha value is -0.720. The fourth-order valence-corrected chi connectivity index (χ4v) is 1.26. The molecule has 0 aliphatic carbocycles. The van der Waals surface area contributed by atoms with E-state index in [1.165, 1.54) is 6.08 Å². The van der Waals surface area contributed by atoms with Gasteiger partial charge in [0.2, 0.25) is 0 Å². The van der Waals surface area contributed by atoms with Crippen molar-refractivity contribution in [1.82, 2.24) is 0 Å². The van der Waals surface area contributed by atoms with Crippen molar-refractivity contribution >= 4 is 0 Å². The maximum absolute atomic E-state index is 12.1. The van der Waals surface area contributed by atoms with E-state index in [2.05, 4.69) is 6.58 Å². The molecule has 0 saturated heterocycles. The molecule has 0 aromatic carbocycles. The summed E-state index contributed by atoms with van der Waals surface area (Å²) in [5.74, 6) is -3.68. The van der Waals surface area contributed by atoms with Gasteiger partial charge in [0.25, 0.3) is 0 Å². The Kier molecular flexibility index (Phi) is 5.31. The van der Waals surface area contributed by atoms with E-state index in [0.717, 1.165) is 0 Å². The second kappa shape index (κ2) is 5.56. The van der Waals surface area contributed by atoms with Crippen molar-refractivity contribution in [1.29, 1.82) is 0 Å². The summed E-state index contributed by atoms with van der Waals surface area (Å²) in [4.78, 5) is 0. The fourth-order valence-electron chi connectivity index (χ4n) is 1.26. The van der Waals surface area contributed by atoms with Crippen LogP contribution in [0.5, 0.6) is 0 Å². The van der Waals surface area contributed by atoms with E-state index in [9.17, 15) is 26.3 Å². The van der Waals surface area contributed by atoms with Crippen LogP contribution in [0, 0.1) is 5.92 Å². The summed E-state index contributed by atoms with van der Waals surface area (Å²) < 4.78 is 72.5. The number of halogens is 6. The largest absolute Gasteiger partial charge is 0.403 e. The van der Waals surface area contributed by atoms with Crippen molar-refractivity contribution in [3.63, 3.8) is 0 Å². The summed E-state index contributed by atoms with van der Waals surface area (Å²) in [6, 6.07) is 0. The third-order valence-corrected chi connectivity index (χ3v) is 2.00. The minimum atomic E-state index is -5.48. The quantitative estimate of drug-likeness (QED) is 0.450. The first kappa shape index (κ1) is 15.3. The molecule has 0 aromatic rings. The normalized spacial score (nSPS) is 15.2. The molecule has 1 atom stereocenters. The lowest BCUT2D eigenvalue weighted by Gasteiger charge is -2.27. The Morgan fingerprint density at radius 2 is 1.50 bits per heavy atom. The van der Waals surface area contributed by atoms with E-state index in [-0.39, 0.29) is 12.8 Å². The molecule has 16 heavy (non-hydrogen) atoms. The van der Waals surface area contributed by atoms with Crippen molar-refractivity contribution in [2.75, 3.05) is 0 Å². The summed E-state index contributed by atoms with van der Waals surface area (Å²) in [5.41, 5.74) is 0. The highest BCUT2D eigenvalue weighted by atomic mass is 19.4. The molecule has 0 saturated carbocycles. The number of unbranched alkanes of at least 4 members (excludes halogenated alkanes) is 1. The van der Waals surface area contributed by atoms with Crippen molar-refractivity contribution in [2.24, 2.45) is 5.92 Å². The molecule has 0 bridgehead atoms. The predicted octanol–water partition coefficient (Wildman–Crippen LogP) is 3.44. The molecule has 0 heterocycles. The number of alkyl halides is 6. The molecule has 0 aliphatic rings. The maximum atomic E-state index is 12.1. The smallest absolute Gasteiger partial charge is 0.392 e. The fraction of sp³-hybridized carbons (Fsp3) is 0.778. The van der Waals surface area contributed by atoms with Gasteiger partial charge in [-0.3, -0.25) is 0 Å². The molecule has 0 fully saturated rings. The average molecular weight is 250 g/mol. The first-order valence-electron chi connectivity index (χ1n) is 4.53. The van der Waals surface area contributed by atoms with E-state index in [1.54, 1.807) is 0 Å². The van der Waals surface area contributed by atoms with Crippen LogP contribution in [0.25, 0.3) is 0 Å². The summed E-state index contributed by atoms with van der Waals surface area (Å²) in [7, 11) is 0. The van der Waals surface area contributed by atoms with Crippen molar-refractivity contribution in [3.05, 3.63) is 12.7 Å². The van der Waals surface area contributed by atoms with Crippen LogP contribution in [0.1, 0.15) is 19.3 Å². The monoisotopic (exact) mass is 250 g/mol. The molecule has 0 radical (unpaired) electrons. The van der Waals surface area contributed by atoms with Gasteiger partial charge < -0.3 is 5.11 Å². The SMILES string of the molecule is C=CCCCC(O)C(C(F)(F)F)C(F)(F)F. The average Bonchev–Trinajstić information content (AvgIpc) is 1.98. The van der Waals surface area contributed by atoms with Gasteiger partial charge in [0.05, 0.1) is 6.10 Å². The summed E-state index contributed by atoms with van der Waals surface area (Å²) >= 11 is 0. The lowest BCUT2D eigenvalue weighted by Crippen LogP contribution is -2.44. The van der Waals surface area contributed by atoms with Crippen LogP contribution in [0.15, 0.2) is 12.7 Å². The predicted molar refractivity (Wildman–Crippen MR) is 45.7 cm³/mol. The van der Waals surface area contributed by atoms with Crippen LogP contribution in [0.3, 0.4) is 0 Å². The van der Waals surface area contributed by atoms with Crippen LogP contribution in [0.2, 0.25) is 0 Å². The van der Waals surface area contributed by atoms with E-state index in [1.807, 2.05) is 0 Å². The highest BCUT2D eigenvalue weighted by Crippen LogP contribution is 2.42. The first-order chi connectivity index (χ1) is 7.10. The van der Waals surface area contributed by atoms with Gasteiger partial charge in [-0.15, -0.1) is 6.58 Å². The minimum Gasteiger partial charge on any atom is -0.392 e. The molecule has 0 amide bonds. The van der Waals surface area contributed by atoms with Gasteiger partial charge in [-0.25, -0.2) is 0 Å². The number of allylic oxidation sites excluding steroid dienone is 1. The van der Waals surface area contributed by atoms with Gasteiger partial charge in [-0.1, -0.05) is 6.08 Å². The summed E-state index contributed by atoms with van der Waals surface area (Å²) in [6.45, 7) is 3.27. The van der Waals surface area contributed by atoms with Crippen LogP contribution in [-0.4, -0.2) is 23.6 Å². The van der Waals surface area contributed by atoms with Gasteiger partial charge in [-0.05, 0) is 19.3 Å². The highest BCUT2D eigenvalue weighted by Gasteiger charge is 2.59. The maximum Gasteiger partial charge on any atom is 0.403 e. The third kappa shape index (κ3) is 4.87. The van der Waals surface area contributed by atoms with Crippen LogP contribution in [-0.2, 0) is 0 Å². The second-order valence-electron chi connectivity index (χ2n) is 3.35. The Labute approximate surface area is 88.8 Å². The van der Waals surface area contributed by atoms with Gasteiger partial charge >= 0.3 is 12.4 Å². The second-order valence-corrected chi connectivity index (χ2v) is 3.35. The molecule has 0 aliphatic heterocycles. The Bertz CT molecular complexity index is 205. The zero-order chi connectivity index (χ0) is 13.0. The summed E-state index contributed by atoms with van der Waals surface area (Å²) in [6.07, 6.45) is -12.3. The molecule has 0 rings (SSSR count). The molecular weight excluding hydrogens is 238 g/mol. The van der Waals surface area contributed by atoms with E-state index < -0.39 is 30.8 Å². The zero-order valence-corrected chi connectivity index (χ0v) is 8.28. The topological polar surface area (TPSA) is 20.2 Å². The van der Waals surface area contributed by atoms with Crippen LogP contribution >= 0.6 is 0 Å². The molecule has 1 nitrogen and oxygen atoms in total. The van der Waals surface area contributed by atoms with Gasteiger partial charge in [0, 0.05) is 0 Å². The Morgan fingerprint density at radius 1 is 1.06 bits per heavy atom. The molecule has 7 heteroatoms. The number of aliphatic hydroxyl groups is 1. The van der Waals surface area contributed by atoms with Crippen molar-refractivity contribution in [2.45, 2.75) is 37.7 Å². The van der Waals surface area contributed by atoms with E-state index in [4.69, 9.17) is 5.11 Å². The van der Waals surface area contributed by atoms with Crippen LogP contribution < -0.4 is 0 Å². The number of aliphatic hydroxyl groups excluding tert-OH is 1. The standard InChI is InChI=1S/C9H12F6O/c1-2-3-4-5-6(16)7(8(10,11)12)9(13,14)15/h2,6-7,16H,1,3-5H2. The number of rotatable bonds is 5. The van der Waals surface area contributed by atoms with E-state index >= 15 is 0 Å². The lowest BCUT2D eigenvalue weighted by atomic mass is 9.96. The first-order valence-corrected chi connectivity index (χ1v) is 4.53. The molecular formula is C9H12F6O. The minimum absolute atomic E-state index is 0.0350.